The van der Waals surface area contributed by atoms with Gasteiger partial charge >= 0.3 is 5.97 Å². The van der Waals surface area contributed by atoms with Crippen molar-refractivity contribution in [1.29, 1.82) is 0 Å². The molecule has 0 aliphatic heterocycles. The molecule has 8 heteroatoms. The van der Waals surface area contributed by atoms with Crippen molar-refractivity contribution in [2.45, 2.75) is 26.3 Å². The quantitative estimate of drug-likeness (QED) is 0.752. The Bertz CT molecular complexity index is 548. The minimum absolute atomic E-state index is 0.138. The van der Waals surface area contributed by atoms with Gasteiger partial charge in [-0.1, -0.05) is 0 Å². The Morgan fingerprint density at radius 3 is 2.50 bits per heavy atom. The number of aromatic nitrogens is 1. The van der Waals surface area contributed by atoms with Gasteiger partial charge < -0.3 is 5.11 Å². The van der Waals surface area contributed by atoms with E-state index >= 15 is 0 Å². The Kier molecular flexibility index (Phi) is 3.92. The van der Waals surface area contributed by atoms with E-state index in [-0.39, 0.29) is 11.4 Å². The summed E-state index contributed by atoms with van der Waals surface area (Å²) < 4.78 is 28.0. The summed E-state index contributed by atoms with van der Waals surface area (Å²) in [6.07, 6.45) is 1.22. The summed E-state index contributed by atoms with van der Waals surface area (Å²) in [6, 6.07) is 2.51. The van der Waals surface area contributed by atoms with Crippen LogP contribution in [0, 0.1) is 0 Å². The number of anilines is 1. The van der Waals surface area contributed by atoms with Gasteiger partial charge in [0.25, 0.3) is 10.2 Å². The van der Waals surface area contributed by atoms with Gasteiger partial charge in [-0.25, -0.2) is 9.78 Å². The summed E-state index contributed by atoms with van der Waals surface area (Å²) in [7, 11) is -3.76. The van der Waals surface area contributed by atoms with E-state index in [2.05, 4.69) is 14.4 Å². The molecule has 0 saturated carbocycles. The fourth-order valence-electron chi connectivity index (χ4n) is 1.19. The van der Waals surface area contributed by atoms with Crippen molar-refractivity contribution < 1.29 is 18.3 Å². The Morgan fingerprint density at radius 2 is 2.00 bits per heavy atom. The molecule has 0 fully saturated rings. The smallest absolute Gasteiger partial charge is 0.354 e. The van der Waals surface area contributed by atoms with E-state index in [9.17, 15) is 13.2 Å². The Labute approximate surface area is 105 Å². The zero-order valence-electron chi connectivity index (χ0n) is 10.3. The second-order valence-corrected chi connectivity index (χ2v) is 6.11. The van der Waals surface area contributed by atoms with Crippen molar-refractivity contribution in [3.63, 3.8) is 0 Å². The first-order valence-corrected chi connectivity index (χ1v) is 6.58. The molecule has 0 radical (unpaired) electrons. The summed E-state index contributed by atoms with van der Waals surface area (Å²) in [5, 5.41) is 8.74. The summed E-state index contributed by atoms with van der Waals surface area (Å²) in [4.78, 5) is 14.3. The van der Waals surface area contributed by atoms with Gasteiger partial charge in [-0.05, 0) is 32.9 Å². The molecule has 100 valence electrons. The molecule has 0 unspecified atom stereocenters. The first-order chi connectivity index (χ1) is 8.09. The van der Waals surface area contributed by atoms with Gasteiger partial charge in [0.05, 0.1) is 5.69 Å². The van der Waals surface area contributed by atoms with Crippen LogP contribution in [0.2, 0.25) is 0 Å². The van der Waals surface area contributed by atoms with Crippen molar-refractivity contribution in [3.8, 4) is 0 Å². The number of pyridine rings is 1. The minimum atomic E-state index is -3.76. The highest BCUT2D eigenvalue weighted by Gasteiger charge is 2.20. The summed E-state index contributed by atoms with van der Waals surface area (Å²) in [5.41, 5.74) is -0.723. The molecule has 0 aromatic carbocycles. The fourth-order valence-corrected chi connectivity index (χ4v) is 2.49. The van der Waals surface area contributed by atoms with Crippen LogP contribution in [-0.4, -0.2) is 30.0 Å². The Hall–Kier alpha value is -1.67. The van der Waals surface area contributed by atoms with Crippen molar-refractivity contribution in [2.24, 2.45) is 0 Å². The SMILES string of the molecule is CC(C)(C)NS(=O)(=O)Nc1ccnc(C(=O)O)c1. The lowest BCUT2D eigenvalue weighted by Crippen LogP contribution is -2.43. The van der Waals surface area contributed by atoms with Gasteiger partial charge in [-0.3, -0.25) is 4.72 Å². The molecule has 1 heterocycles. The number of carbonyl (C=O) groups is 1. The minimum Gasteiger partial charge on any atom is -0.477 e. The second-order valence-electron chi connectivity index (χ2n) is 4.69. The average Bonchev–Trinajstić information content (AvgIpc) is 2.12. The van der Waals surface area contributed by atoms with E-state index in [1.807, 2.05) is 0 Å². The number of aromatic carboxylic acids is 1. The molecule has 1 aromatic rings. The lowest BCUT2D eigenvalue weighted by atomic mass is 10.1. The maximum atomic E-state index is 11.7. The standard InChI is InChI=1S/C10H15N3O4S/c1-10(2,3)13-18(16,17)12-7-4-5-11-8(6-7)9(14)15/h4-6,13H,1-3H3,(H,11,12)(H,14,15). The molecule has 3 N–H and O–H groups in total. The summed E-state index contributed by atoms with van der Waals surface area (Å²) >= 11 is 0. The van der Waals surface area contributed by atoms with Crippen LogP contribution in [0.1, 0.15) is 31.3 Å². The van der Waals surface area contributed by atoms with Crippen LogP contribution in [0.15, 0.2) is 18.3 Å². The van der Waals surface area contributed by atoms with Gasteiger partial charge in [-0.15, -0.1) is 0 Å². The normalized spacial score (nSPS) is 12.2. The number of hydrogen-bond acceptors (Lipinski definition) is 4. The first kappa shape index (κ1) is 14.4. The molecule has 0 amide bonds. The van der Waals surface area contributed by atoms with Crippen molar-refractivity contribution >= 4 is 21.9 Å². The molecule has 7 nitrogen and oxygen atoms in total. The van der Waals surface area contributed by atoms with Crippen LogP contribution in [0.3, 0.4) is 0 Å². The van der Waals surface area contributed by atoms with Gasteiger partial charge in [0, 0.05) is 11.7 Å². The van der Waals surface area contributed by atoms with Crippen LogP contribution in [0.25, 0.3) is 0 Å². The van der Waals surface area contributed by atoms with Crippen molar-refractivity contribution in [3.05, 3.63) is 24.0 Å². The zero-order chi connectivity index (χ0) is 14.0. The molecule has 0 aliphatic carbocycles. The third kappa shape index (κ3) is 4.68. The highest BCUT2D eigenvalue weighted by atomic mass is 32.2. The van der Waals surface area contributed by atoms with Gasteiger partial charge in [0.1, 0.15) is 5.69 Å². The predicted octanol–water partition coefficient (Wildman–Crippen LogP) is 0.825. The largest absolute Gasteiger partial charge is 0.477 e. The molecule has 1 aromatic heterocycles. The van der Waals surface area contributed by atoms with E-state index in [1.165, 1.54) is 12.3 Å². The molecule has 0 bridgehead atoms. The lowest BCUT2D eigenvalue weighted by Gasteiger charge is -2.20. The van der Waals surface area contributed by atoms with E-state index in [0.29, 0.717) is 0 Å². The average molecular weight is 273 g/mol. The highest BCUT2D eigenvalue weighted by Crippen LogP contribution is 2.11. The summed E-state index contributed by atoms with van der Waals surface area (Å²) in [5.74, 6) is -1.22. The molecule has 0 atom stereocenters. The number of hydrogen-bond donors (Lipinski definition) is 3. The molecule has 1 rings (SSSR count). The van der Waals surface area contributed by atoms with Gasteiger partial charge in [0.15, 0.2) is 0 Å². The number of nitrogens with zero attached hydrogens (tertiary/aromatic N) is 1. The molecule has 0 saturated heterocycles. The number of carboxylic acids is 1. The topological polar surface area (TPSA) is 108 Å². The van der Waals surface area contributed by atoms with E-state index in [0.717, 1.165) is 6.07 Å². The van der Waals surface area contributed by atoms with E-state index in [1.54, 1.807) is 20.8 Å². The molecular weight excluding hydrogens is 258 g/mol. The number of carboxylic acid groups (broad SMARTS) is 1. The maximum Gasteiger partial charge on any atom is 0.354 e. The predicted molar refractivity (Wildman–Crippen MR) is 66.6 cm³/mol. The summed E-state index contributed by atoms with van der Waals surface area (Å²) in [6.45, 7) is 5.09. The molecule has 18 heavy (non-hydrogen) atoms. The third-order valence-electron chi connectivity index (χ3n) is 1.67. The van der Waals surface area contributed by atoms with E-state index in [4.69, 9.17) is 5.11 Å². The van der Waals surface area contributed by atoms with Crippen molar-refractivity contribution in [2.75, 3.05) is 4.72 Å². The molecule has 0 spiro atoms. The van der Waals surface area contributed by atoms with Gasteiger partial charge in [-0.2, -0.15) is 13.1 Å². The maximum absolute atomic E-state index is 11.7. The van der Waals surface area contributed by atoms with Crippen molar-refractivity contribution in [1.82, 2.24) is 9.71 Å². The second kappa shape index (κ2) is 4.91. The number of rotatable bonds is 4. The number of nitrogens with one attached hydrogen (secondary N) is 2. The van der Waals surface area contributed by atoms with Crippen LogP contribution in [-0.2, 0) is 10.2 Å². The lowest BCUT2D eigenvalue weighted by molar-refractivity contribution is 0.0690. The Morgan fingerprint density at radius 1 is 1.39 bits per heavy atom. The van der Waals surface area contributed by atoms with Crippen LogP contribution < -0.4 is 9.44 Å². The fraction of sp³-hybridized carbons (Fsp3) is 0.400. The molecular formula is C10H15N3O4S. The highest BCUT2D eigenvalue weighted by molar-refractivity contribution is 7.90. The van der Waals surface area contributed by atoms with Crippen LogP contribution >= 0.6 is 0 Å². The Balaban J connectivity index is 2.91. The van der Waals surface area contributed by atoms with Crippen LogP contribution in [0.5, 0.6) is 0 Å². The van der Waals surface area contributed by atoms with E-state index < -0.39 is 21.7 Å². The first-order valence-electron chi connectivity index (χ1n) is 5.10. The zero-order valence-corrected chi connectivity index (χ0v) is 11.1. The monoisotopic (exact) mass is 273 g/mol. The molecule has 0 aliphatic rings. The van der Waals surface area contributed by atoms with Crippen LogP contribution in [0.4, 0.5) is 5.69 Å². The van der Waals surface area contributed by atoms with Gasteiger partial charge in [0.2, 0.25) is 0 Å². The third-order valence-corrected chi connectivity index (χ3v) is 3.06.